The molecule has 4 aromatic rings. The van der Waals surface area contributed by atoms with Crippen LogP contribution in [-0.2, 0) is 69.1 Å². The number of fused-ring (bicyclic) bond motifs is 1. The van der Waals surface area contributed by atoms with E-state index in [1.165, 1.54) is 0 Å². The van der Waals surface area contributed by atoms with Gasteiger partial charge in [0.05, 0.1) is 45.9 Å². The predicted octanol–water partition coefficient (Wildman–Crippen LogP) is 7.13. The summed E-state index contributed by atoms with van der Waals surface area (Å²) in [7, 11) is 0. The van der Waals surface area contributed by atoms with E-state index in [0.29, 0.717) is 33.0 Å². The maximum atomic E-state index is 6.90. The van der Waals surface area contributed by atoms with Crippen molar-refractivity contribution in [3.05, 3.63) is 156 Å². The molecule has 7 rings (SSSR count). The summed E-state index contributed by atoms with van der Waals surface area (Å²) in [4.78, 5) is 0. The third-order valence-corrected chi connectivity index (χ3v) is 9.36. The van der Waals surface area contributed by atoms with E-state index in [1.807, 2.05) is 141 Å². The maximum Gasteiger partial charge on any atom is 0.187 e. The topological polar surface area (TPSA) is 83.1 Å². The first-order valence-electron chi connectivity index (χ1n) is 18.0. The lowest BCUT2D eigenvalue weighted by Gasteiger charge is -2.48. The summed E-state index contributed by atoms with van der Waals surface area (Å²) in [6.07, 6.45) is -1.11. The molecule has 2 fully saturated rings. The molecule has 0 radical (unpaired) electrons. The molecule has 0 spiro atoms. The molecule has 0 N–H and O–H groups in total. The molecule has 0 aliphatic carbocycles. The Kier molecular flexibility index (Phi) is 12.4. The average molecular weight is 709 g/mol. The van der Waals surface area contributed by atoms with Gasteiger partial charge in [-0.25, -0.2) is 0 Å². The van der Waals surface area contributed by atoms with Crippen LogP contribution in [0.15, 0.2) is 134 Å². The molecule has 0 bridgehead atoms. The molecule has 3 aliphatic rings. The highest BCUT2D eigenvalue weighted by molar-refractivity contribution is 5.16. The molecule has 0 saturated carbocycles. The molecule has 3 aliphatic heterocycles. The van der Waals surface area contributed by atoms with Crippen LogP contribution in [0.3, 0.4) is 0 Å². The fraction of sp³-hybridized carbons (Fsp3) is 0.395. The number of hydrogen-bond acceptors (Lipinski definition) is 9. The zero-order chi connectivity index (χ0) is 35.6. The van der Waals surface area contributed by atoms with Crippen molar-refractivity contribution in [3.8, 4) is 0 Å². The normalized spacial score (nSPS) is 28.1. The molecule has 1 unspecified atom stereocenters. The van der Waals surface area contributed by atoms with Crippen LogP contribution in [0.4, 0.5) is 0 Å². The summed E-state index contributed by atoms with van der Waals surface area (Å²) in [5.41, 5.74) is 4.14. The molecule has 9 nitrogen and oxygen atoms in total. The summed E-state index contributed by atoms with van der Waals surface area (Å²) < 4.78 is 58.7. The van der Waals surface area contributed by atoms with Crippen molar-refractivity contribution in [2.75, 3.05) is 13.2 Å². The van der Waals surface area contributed by atoms with Crippen LogP contribution >= 0.6 is 0 Å². The van der Waals surface area contributed by atoms with Gasteiger partial charge in [-0.05, 0) is 42.2 Å². The Morgan fingerprint density at radius 1 is 0.615 bits per heavy atom. The van der Waals surface area contributed by atoms with Crippen LogP contribution in [0.25, 0.3) is 0 Å². The van der Waals surface area contributed by atoms with E-state index in [1.54, 1.807) is 6.26 Å². The van der Waals surface area contributed by atoms with Gasteiger partial charge in [-0.3, -0.25) is 0 Å². The lowest BCUT2D eigenvalue weighted by molar-refractivity contribution is -0.361. The quantitative estimate of drug-likeness (QED) is 0.128. The highest BCUT2D eigenvalue weighted by atomic mass is 16.8. The van der Waals surface area contributed by atoms with E-state index in [4.69, 9.17) is 42.6 Å². The van der Waals surface area contributed by atoms with Gasteiger partial charge in [0.25, 0.3) is 0 Å². The van der Waals surface area contributed by atoms with Crippen molar-refractivity contribution in [2.24, 2.45) is 0 Å². The second kappa shape index (κ2) is 17.7. The Morgan fingerprint density at radius 3 is 1.67 bits per heavy atom. The molecule has 0 aromatic heterocycles. The minimum atomic E-state index is -0.880. The molecular weight excluding hydrogens is 660 g/mol. The van der Waals surface area contributed by atoms with E-state index >= 15 is 0 Å². The van der Waals surface area contributed by atoms with Crippen LogP contribution in [0.2, 0.25) is 0 Å². The first-order chi connectivity index (χ1) is 25.5. The van der Waals surface area contributed by atoms with Crippen molar-refractivity contribution in [1.82, 2.24) is 0 Å². The van der Waals surface area contributed by atoms with Gasteiger partial charge in [0, 0.05) is 0 Å². The monoisotopic (exact) mass is 708 g/mol. The zero-order valence-electron chi connectivity index (χ0n) is 29.7. The van der Waals surface area contributed by atoms with Crippen LogP contribution in [0.1, 0.15) is 36.1 Å². The Bertz CT molecular complexity index is 1650. The Morgan fingerprint density at radius 2 is 1.12 bits per heavy atom. The van der Waals surface area contributed by atoms with Crippen molar-refractivity contribution >= 4 is 0 Å². The fourth-order valence-electron chi connectivity index (χ4n) is 6.68. The third kappa shape index (κ3) is 9.74. The van der Waals surface area contributed by atoms with Crippen molar-refractivity contribution in [2.45, 2.75) is 95.1 Å². The van der Waals surface area contributed by atoms with Crippen LogP contribution in [0, 0.1) is 0 Å². The van der Waals surface area contributed by atoms with Crippen LogP contribution in [0.5, 0.6) is 0 Å². The van der Waals surface area contributed by atoms with Crippen LogP contribution < -0.4 is 0 Å². The number of ether oxygens (including phenoxy) is 9. The van der Waals surface area contributed by atoms with Gasteiger partial charge < -0.3 is 42.6 Å². The average Bonchev–Trinajstić information content (AvgIpc) is 3.18. The SMILES string of the molecule is CC1(C)OC[C@H]2OC=C[C@@H](OC3O[C@H](COCc4ccccc4)[C@H](OCc4ccccc4)[C@H](OCc4ccccc4)[C@H]3OCc3ccccc3)[C@@H]2O1. The van der Waals surface area contributed by atoms with Gasteiger partial charge in [0.2, 0.25) is 0 Å². The van der Waals surface area contributed by atoms with Gasteiger partial charge in [-0.15, -0.1) is 0 Å². The van der Waals surface area contributed by atoms with Crippen molar-refractivity contribution in [3.63, 3.8) is 0 Å². The Hall–Kier alpha value is -3.90. The molecular formula is C43H48O9. The molecule has 274 valence electrons. The van der Waals surface area contributed by atoms with Crippen LogP contribution in [-0.4, -0.2) is 68.0 Å². The van der Waals surface area contributed by atoms with E-state index < -0.39 is 48.7 Å². The third-order valence-electron chi connectivity index (χ3n) is 9.36. The molecule has 52 heavy (non-hydrogen) atoms. The standard InChI is InChI=1S/C43H48O9/c1-43(2)49-30-36-38(52-43)35(23-24-45-36)50-42-41(48-28-34-21-13-6-14-22-34)40(47-27-33-19-11-5-12-20-33)39(46-26-32-17-9-4-10-18-32)37(51-42)29-44-25-31-15-7-3-8-16-31/h3-24,35-42H,25-30H2,1-2H3/t35-,36-,37-,38+,39+,40+,41-,42?/m1/s1. The van der Waals surface area contributed by atoms with E-state index in [2.05, 4.69) is 0 Å². The van der Waals surface area contributed by atoms with Gasteiger partial charge in [-0.1, -0.05) is 121 Å². The Labute approximate surface area is 306 Å². The largest absolute Gasteiger partial charge is 0.493 e. The number of rotatable bonds is 15. The smallest absolute Gasteiger partial charge is 0.187 e. The molecule has 3 heterocycles. The number of hydrogen-bond donors (Lipinski definition) is 0. The maximum absolute atomic E-state index is 6.90. The van der Waals surface area contributed by atoms with Gasteiger partial charge in [-0.2, -0.15) is 0 Å². The lowest BCUT2D eigenvalue weighted by atomic mass is 9.97. The highest BCUT2D eigenvalue weighted by Gasteiger charge is 2.52. The second-order valence-electron chi connectivity index (χ2n) is 13.7. The fourth-order valence-corrected chi connectivity index (χ4v) is 6.68. The highest BCUT2D eigenvalue weighted by Crippen LogP contribution is 2.36. The molecule has 8 atom stereocenters. The molecule has 4 aromatic carbocycles. The van der Waals surface area contributed by atoms with E-state index in [0.717, 1.165) is 22.3 Å². The predicted molar refractivity (Wildman–Crippen MR) is 194 cm³/mol. The molecule has 2 saturated heterocycles. The van der Waals surface area contributed by atoms with E-state index in [-0.39, 0.29) is 12.7 Å². The van der Waals surface area contributed by atoms with E-state index in [9.17, 15) is 0 Å². The van der Waals surface area contributed by atoms with Gasteiger partial charge in [0.1, 0.15) is 36.6 Å². The first-order valence-corrected chi connectivity index (χ1v) is 18.0. The van der Waals surface area contributed by atoms with Gasteiger partial charge >= 0.3 is 0 Å². The van der Waals surface area contributed by atoms with Crippen molar-refractivity contribution < 1.29 is 42.6 Å². The summed E-state index contributed by atoms with van der Waals surface area (Å²) in [5.74, 6) is -0.806. The number of benzene rings is 4. The van der Waals surface area contributed by atoms with Crippen molar-refractivity contribution in [1.29, 1.82) is 0 Å². The first kappa shape index (κ1) is 36.5. The minimum Gasteiger partial charge on any atom is -0.493 e. The second-order valence-corrected chi connectivity index (χ2v) is 13.7. The summed E-state index contributed by atoms with van der Waals surface area (Å²) in [5, 5.41) is 0. The molecule has 0 amide bonds. The van der Waals surface area contributed by atoms with Gasteiger partial charge in [0.15, 0.2) is 18.2 Å². The Balaban J connectivity index is 1.21. The minimum absolute atomic E-state index is 0.234. The summed E-state index contributed by atoms with van der Waals surface area (Å²) in [6.45, 7) is 5.80. The summed E-state index contributed by atoms with van der Waals surface area (Å²) >= 11 is 0. The summed E-state index contributed by atoms with van der Waals surface area (Å²) in [6, 6.07) is 40.3. The zero-order valence-corrected chi connectivity index (χ0v) is 29.7. The molecule has 9 heteroatoms. The lowest BCUT2D eigenvalue weighted by Crippen LogP contribution is -2.63.